The zero-order valence-corrected chi connectivity index (χ0v) is 8.95. The average Bonchev–Trinajstić information content (AvgIpc) is 1.81. The Morgan fingerprint density at radius 1 is 1.25 bits per heavy atom. The van der Waals surface area contributed by atoms with Crippen molar-refractivity contribution in [2.45, 2.75) is 0 Å². The van der Waals surface area contributed by atoms with Gasteiger partial charge in [-0.1, -0.05) is 27.5 Å². The van der Waals surface area contributed by atoms with Gasteiger partial charge in [0.25, 0.3) is 0 Å². The fourth-order valence-electron chi connectivity index (χ4n) is 0.744. The van der Waals surface area contributed by atoms with Gasteiger partial charge in [0.1, 0.15) is 0 Å². The zero-order chi connectivity index (χ0) is 9.14. The number of nitrogens with one attached hydrogen (secondary N) is 1. The molecule has 1 aromatic rings. The SMILES string of the molecule is S=C([S-])Nc1cc(Cl)cc(Cl)c1. The Balaban J connectivity index is 2.93. The van der Waals surface area contributed by atoms with Gasteiger partial charge in [0.05, 0.1) is 0 Å². The van der Waals surface area contributed by atoms with Gasteiger partial charge >= 0.3 is 0 Å². The van der Waals surface area contributed by atoms with E-state index in [2.05, 4.69) is 30.2 Å². The van der Waals surface area contributed by atoms with Crippen LogP contribution in [0.3, 0.4) is 0 Å². The lowest BCUT2D eigenvalue weighted by molar-refractivity contribution is 1.66. The van der Waals surface area contributed by atoms with Crippen molar-refractivity contribution in [2.75, 3.05) is 5.32 Å². The predicted octanol–water partition coefficient (Wildman–Crippen LogP) is 3.24. The standard InChI is InChI=1S/C7H5Cl2NS2/c8-4-1-5(9)3-6(2-4)10-7(11)12/h1-3H,(H2,10,11,12)/p-1. The van der Waals surface area contributed by atoms with E-state index in [9.17, 15) is 0 Å². The quantitative estimate of drug-likeness (QED) is 0.594. The molecule has 0 aliphatic rings. The zero-order valence-electron chi connectivity index (χ0n) is 5.80. The summed E-state index contributed by atoms with van der Waals surface area (Å²) in [6.07, 6.45) is 0. The number of hydrogen-bond acceptors (Lipinski definition) is 2. The van der Waals surface area contributed by atoms with E-state index < -0.39 is 0 Å². The van der Waals surface area contributed by atoms with Crippen LogP contribution in [0.1, 0.15) is 0 Å². The molecule has 0 fully saturated rings. The maximum absolute atomic E-state index is 5.73. The lowest BCUT2D eigenvalue weighted by Gasteiger charge is -2.09. The molecule has 0 bridgehead atoms. The summed E-state index contributed by atoms with van der Waals surface area (Å²) in [4.78, 5) is 0. The van der Waals surface area contributed by atoms with E-state index in [4.69, 9.17) is 23.2 Å². The molecule has 0 aliphatic heterocycles. The van der Waals surface area contributed by atoms with Gasteiger partial charge in [0, 0.05) is 15.7 Å². The highest BCUT2D eigenvalue weighted by Gasteiger charge is 1.95. The summed E-state index contributed by atoms with van der Waals surface area (Å²) in [7, 11) is 0. The van der Waals surface area contributed by atoms with Crippen LogP contribution in [0.2, 0.25) is 10.0 Å². The second kappa shape index (κ2) is 4.23. The van der Waals surface area contributed by atoms with Crippen molar-refractivity contribution < 1.29 is 0 Å². The molecule has 0 aromatic heterocycles. The first kappa shape index (κ1) is 9.99. The summed E-state index contributed by atoms with van der Waals surface area (Å²) in [6.45, 7) is 0. The fourth-order valence-corrected chi connectivity index (χ4v) is 1.51. The summed E-state index contributed by atoms with van der Waals surface area (Å²) in [6, 6.07) is 5.04. The second-order valence-electron chi connectivity index (χ2n) is 2.07. The predicted molar refractivity (Wildman–Crippen MR) is 60.0 cm³/mol. The molecule has 1 aromatic carbocycles. The average molecular weight is 237 g/mol. The number of anilines is 1. The van der Waals surface area contributed by atoms with E-state index in [0.717, 1.165) is 0 Å². The topological polar surface area (TPSA) is 12.0 Å². The van der Waals surface area contributed by atoms with Crippen molar-refractivity contribution in [3.05, 3.63) is 28.2 Å². The molecule has 0 unspecified atom stereocenters. The molecule has 12 heavy (non-hydrogen) atoms. The number of benzene rings is 1. The normalized spacial score (nSPS) is 9.50. The van der Waals surface area contributed by atoms with Crippen LogP contribution in [0.25, 0.3) is 0 Å². The van der Waals surface area contributed by atoms with Crippen molar-refractivity contribution in [1.29, 1.82) is 0 Å². The third kappa shape index (κ3) is 3.11. The maximum atomic E-state index is 5.73. The minimum atomic E-state index is 0.272. The second-order valence-corrected chi connectivity index (χ2v) is 4.02. The van der Waals surface area contributed by atoms with E-state index in [1.807, 2.05) is 0 Å². The fraction of sp³-hybridized carbons (Fsp3) is 0. The Morgan fingerprint density at radius 3 is 2.17 bits per heavy atom. The van der Waals surface area contributed by atoms with Gasteiger partial charge in [-0.05, 0) is 18.2 Å². The first-order valence-electron chi connectivity index (χ1n) is 3.02. The Bertz CT molecular complexity index is 294. The van der Waals surface area contributed by atoms with Gasteiger partial charge < -0.3 is 30.2 Å². The van der Waals surface area contributed by atoms with Crippen molar-refractivity contribution in [3.8, 4) is 0 Å². The molecule has 0 heterocycles. The lowest BCUT2D eigenvalue weighted by Crippen LogP contribution is -2.03. The number of hydrogen-bond donors (Lipinski definition) is 1. The number of halogens is 2. The smallest absolute Gasteiger partial charge is 0.0441 e. The molecular weight excluding hydrogens is 233 g/mol. The van der Waals surface area contributed by atoms with Crippen LogP contribution in [0.5, 0.6) is 0 Å². The van der Waals surface area contributed by atoms with Crippen LogP contribution in [-0.2, 0) is 12.6 Å². The number of rotatable bonds is 1. The molecule has 64 valence electrons. The third-order valence-electron chi connectivity index (χ3n) is 1.11. The van der Waals surface area contributed by atoms with Gasteiger partial charge in [-0.15, -0.1) is 0 Å². The van der Waals surface area contributed by atoms with Crippen LogP contribution in [-0.4, -0.2) is 4.32 Å². The molecule has 1 rings (SSSR count). The summed E-state index contributed by atoms with van der Waals surface area (Å²) in [5.74, 6) is 0. The van der Waals surface area contributed by atoms with Crippen LogP contribution >= 0.6 is 35.4 Å². The van der Waals surface area contributed by atoms with Crippen LogP contribution in [0, 0.1) is 0 Å². The molecule has 0 saturated heterocycles. The first-order valence-corrected chi connectivity index (χ1v) is 4.59. The van der Waals surface area contributed by atoms with Gasteiger partial charge in [-0.3, -0.25) is 0 Å². The highest BCUT2D eigenvalue weighted by atomic mass is 35.5. The van der Waals surface area contributed by atoms with E-state index in [0.29, 0.717) is 15.7 Å². The van der Waals surface area contributed by atoms with Gasteiger partial charge in [-0.25, -0.2) is 0 Å². The lowest BCUT2D eigenvalue weighted by atomic mass is 10.3. The molecule has 0 saturated carbocycles. The maximum Gasteiger partial charge on any atom is 0.0441 e. The first-order chi connectivity index (χ1) is 5.58. The van der Waals surface area contributed by atoms with Crippen molar-refractivity contribution in [3.63, 3.8) is 0 Å². The van der Waals surface area contributed by atoms with Crippen LogP contribution in [0.15, 0.2) is 18.2 Å². The molecule has 0 atom stereocenters. The summed E-state index contributed by atoms with van der Waals surface area (Å²) >= 11 is 20.8. The molecule has 0 radical (unpaired) electrons. The highest BCUT2D eigenvalue weighted by molar-refractivity contribution is 8.00. The summed E-state index contributed by atoms with van der Waals surface area (Å²) < 4.78 is 0.272. The van der Waals surface area contributed by atoms with Crippen molar-refractivity contribution in [1.82, 2.24) is 0 Å². The molecule has 0 spiro atoms. The van der Waals surface area contributed by atoms with Crippen LogP contribution < -0.4 is 5.32 Å². The van der Waals surface area contributed by atoms with E-state index >= 15 is 0 Å². The van der Waals surface area contributed by atoms with Crippen LogP contribution in [0.4, 0.5) is 5.69 Å². The Morgan fingerprint density at radius 2 is 1.75 bits per heavy atom. The minimum absolute atomic E-state index is 0.272. The third-order valence-corrected chi connectivity index (χ3v) is 1.75. The summed E-state index contributed by atoms with van der Waals surface area (Å²) in [5, 5.41) is 3.87. The van der Waals surface area contributed by atoms with E-state index in [-0.39, 0.29) is 4.32 Å². The summed E-state index contributed by atoms with van der Waals surface area (Å²) in [5.41, 5.74) is 0.715. The van der Waals surface area contributed by atoms with E-state index in [1.165, 1.54) is 0 Å². The van der Waals surface area contributed by atoms with Gasteiger partial charge in [0.2, 0.25) is 0 Å². The molecule has 0 amide bonds. The monoisotopic (exact) mass is 236 g/mol. The minimum Gasteiger partial charge on any atom is -0.411 e. The molecule has 0 aliphatic carbocycles. The van der Waals surface area contributed by atoms with Gasteiger partial charge in [0.15, 0.2) is 0 Å². The van der Waals surface area contributed by atoms with Crippen molar-refractivity contribution >= 4 is 58.1 Å². The van der Waals surface area contributed by atoms with Crippen molar-refractivity contribution in [2.24, 2.45) is 0 Å². The molecular formula is C7H4Cl2NS2-. The Hall–Kier alpha value is -0.0900. The van der Waals surface area contributed by atoms with Gasteiger partial charge in [-0.2, -0.15) is 0 Å². The highest BCUT2D eigenvalue weighted by Crippen LogP contribution is 2.22. The number of thiocarbonyl (C=S) groups is 1. The Kier molecular flexibility index (Phi) is 3.53. The molecule has 1 N–H and O–H groups in total. The van der Waals surface area contributed by atoms with E-state index in [1.54, 1.807) is 18.2 Å². The Labute approximate surface area is 91.5 Å². The largest absolute Gasteiger partial charge is 0.411 e. The molecule has 5 heteroatoms. The molecule has 1 nitrogen and oxygen atoms in total.